The zero-order chi connectivity index (χ0) is 17.6. The Labute approximate surface area is 173 Å². The molecule has 0 aromatic rings. The summed E-state index contributed by atoms with van der Waals surface area (Å²) in [5, 5.41) is 7.42. The van der Waals surface area contributed by atoms with Gasteiger partial charge in [0, 0.05) is 6.92 Å². The number of carboxylic acid groups (broad SMARTS) is 1. The fraction of sp³-hybridized carbons (Fsp3) is 0.950. The SMILES string of the molecule is CC(=O)O.CCCCCCCCCCCCCCCCCC[NH-].[Na+]. The van der Waals surface area contributed by atoms with Crippen molar-refractivity contribution in [2.45, 2.75) is 117 Å². The van der Waals surface area contributed by atoms with Crippen molar-refractivity contribution in [3.8, 4) is 0 Å². The number of carbonyl (C=O) groups is 1. The molecule has 0 bridgehead atoms. The third-order valence-electron chi connectivity index (χ3n) is 4.03. The molecule has 0 unspecified atom stereocenters. The molecule has 0 saturated carbocycles. The van der Waals surface area contributed by atoms with Crippen molar-refractivity contribution in [2.75, 3.05) is 6.54 Å². The number of aliphatic carboxylic acids is 1. The molecule has 0 atom stereocenters. The van der Waals surface area contributed by atoms with Gasteiger partial charge in [-0.15, -0.1) is 0 Å². The standard InChI is InChI=1S/C18H38N.C2H4O2.Na/c1-2-3-4-5-6-7-8-9-10-11-12-13-14-15-16-17-18-19;1-2(3)4;/h19H,2-18H2,1H3;1H3,(H,3,4);/q-1;;+1. The van der Waals surface area contributed by atoms with E-state index in [1.807, 2.05) is 0 Å². The number of nitrogens with one attached hydrogen (secondary N) is 1. The van der Waals surface area contributed by atoms with Gasteiger partial charge >= 0.3 is 29.6 Å². The summed E-state index contributed by atoms with van der Waals surface area (Å²) in [6, 6.07) is 0. The van der Waals surface area contributed by atoms with Crippen LogP contribution in [0.1, 0.15) is 117 Å². The minimum atomic E-state index is -0.833. The fourth-order valence-corrected chi connectivity index (χ4v) is 2.67. The molecule has 0 aliphatic heterocycles. The van der Waals surface area contributed by atoms with Gasteiger partial charge in [-0.05, 0) is 0 Å². The zero-order valence-electron chi connectivity index (χ0n) is 16.9. The minimum Gasteiger partial charge on any atom is -0.677 e. The van der Waals surface area contributed by atoms with E-state index in [1.165, 1.54) is 96.3 Å². The molecule has 0 aromatic carbocycles. The van der Waals surface area contributed by atoms with Crippen LogP contribution in [-0.2, 0) is 4.79 Å². The third kappa shape index (κ3) is 38.2. The smallest absolute Gasteiger partial charge is 0.677 e. The summed E-state index contributed by atoms with van der Waals surface area (Å²) in [5.74, 6) is -0.833. The predicted molar refractivity (Wildman–Crippen MR) is 102 cm³/mol. The molecule has 4 heteroatoms. The Balaban J connectivity index is -0.000000787. The van der Waals surface area contributed by atoms with E-state index in [0.717, 1.165) is 13.3 Å². The molecular formula is C20H42NNaO2. The Morgan fingerprint density at radius 1 is 0.667 bits per heavy atom. The monoisotopic (exact) mass is 351 g/mol. The third-order valence-corrected chi connectivity index (χ3v) is 4.03. The normalized spacial score (nSPS) is 9.79. The van der Waals surface area contributed by atoms with E-state index >= 15 is 0 Å². The van der Waals surface area contributed by atoms with Gasteiger partial charge in [-0.3, -0.25) is 4.79 Å². The first-order valence-corrected chi connectivity index (χ1v) is 9.99. The van der Waals surface area contributed by atoms with Crippen molar-refractivity contribution in [3.63, 3.8) is 0 Å². The van der Waals surface area contributed by atoms with E-state index in [-0.39, 0.29) is 29.6 Å². The summed E-state index contributed by atoms with van der Waals surface area (Å²) in [7, 11) is 0. The van der Waals surface area contributed by atoms with Crippen LogP contribution in [0.25, 0.3) is 5.73 Å². The molecule has 0 spiro atoms. The topological polar surface area (TPSA) is 61.1 Å². The molecule has 2 N–H and O–H groups in total. The van der Waals surface area contributed by atoms with Crippen molar-refractivity contribution in [1.29, 1.82) is 0 Å². The molecule has 0 aliphatic rings. The fourth-order valence-electron chi connectivity index (χ4n) is 2.67. The molecule has 3 nitrogen and oxygen atoms in total. The van der Waals surface area contributed by atoms with E-state index in [2.05, 4.69) is 6.92 Å². The molecule has 0 amide bonds. The summed E-state index contributed by atoms with van der Waals surface area (Å²) < 4.78 is 0. The maximum absolute atomic E-state index is 9.00. The first-order chi connectivity index (χ1) is 11.1. The van der Waals surface area contributed by atoms with Crippen LogP contribution in [0.2, 0.25) is 0 Å². The van der Waals surface area contributed by atoms with Crippen LogP contribution >= 0.6 is 0 Å². The van der Waals surface area contributed by atoms with Crippen LogP contribution in [0, 0.1) is 0 Å². The second-order valence-corrected chi connectivity index (χ2v) is 6.57. The van der Waals surface area contributed by atoms with E-state index in [4.69, 9.17) is 15.6 Å². The summed E-state index contributed by atoms with van der Waals surface area (Å²) in [6.45, 7) is 3.99. The Morgan fingerprint density at radius 3 is 1.08 bits per heavy atom. The van der Waals surface area contributed by atoms with Crippen LogP contribution < -0.4 is 29.6 Å². The van der Waals surface area contributed by atoms with Crippen LogP contribution in [-0.4, -0.2) is 17.6 Å². The number of hydrogen-bond acceptors (Lipinski definition) is 1. The Hall–Kier alpha value is 0.430. The largest absolute Gasteiger partial charge is 1.00 e. The molecule has 0 heterocycles. The quantitative estimate of drug-likeness (QED) is 0.331. The van der Waals surface area contributed by atoms with Crippen LogP contribution in [0.3, 0.4) is 0 Å². The van der Waals surface area contributed by atoms with E-state index in [9.17, 15) is 0 Å². The van der Waals surface area contributed by atoms with Gasteiger partial charge in [-0.1, -0.05) is 110 Å². The molecule has 0 radical (unpaired) electrons. The molecule has 0 aromatic heterocycles. The summed E-state index contributed by atoms with van der Waals surface area (Å²) in [5.41, 5.74) is 7.08. The molecule has 140 valence electrons. The van der Waals surface area contributed by atoms with Gasteiger partial charge in [0.15, 0.2) is 0 Å². The minimum absolute atomic E-state index is 0. The summed E-state index contributed by atoms with van der Waals surface area (Å²) in [6.07, 6.45) is 22.5. The maximum Gasteiger partial charge on any atom is 1.00 e. The zero-order valence-corrected chi connectivity index (χ0v) is 18.9. The average Bonchev–Trinajstić information content (AvgIpc) is 2.50. The maximum atomic E-state index is 9.00. The van der Waals surface area contributed by atoms with Gasteiger partial charge in [-0.25, -0.2) is 0 Å². The van der Waals surface area contributed by atoms with E-state index < -0.39 is 5.97 Å². The van der Waals surface area contributed by atoms with Gasteiger partial charge in [0.1, 0.15) is 0 Å². The van der Waals surface area contributed by atoms with E-state index in [0.29, 0.717) is 6.54 Å². The van der Waals surface area contributed by atoms with Gasteiger partial charge in [-0.2, -0.15) is 6.54 Å². The molecule has 24 heavy (non-hydrogen) atoms. The molecule has 0 aliphatic carbocycles. The molecular weight excluding hydrogens is 309 g/mol. The first kappa shape index (κ1) is 29.2. The van der Waals surface area contributed by atoms with Crippen LogP contribution in [0.5, 0.6) is 0 Å². The second kappa shape index (κ2) is 28.2. The van der Waals surface area contributed by atoms with Gasteiger partial charge in [0.2, 0.25) is 0 Å². The average molecular weight is 352 g/mol. The van der Waals surface area contributed by atoms with Gasteiger partial charge in [0.25, 0.3) is 5.97 Å². The van der Waals surface area contributed by atoms with Crippen LogP contribution in [0.15, 0.2) is 0 Å². The Morgan fingerprint density at radius 2 is 0.875 bits per heavy atom. The molecule has 0 saturated heterocycles. The van der Waals surface area contributed by atoms with Crippen molar-refractivity contribution >= 4 is 5.97 Å². The van der Waals surface area contributed by atoms with Crippen molar-refractivity contribution < 1.29 is 39.5 Å². The number of hydrogen-bond donors (Lipinski definition) is 1. The summed E-state index contributed by atoms with van der Waals surface area (Å²) in [4.78, 5) is 9.00. The Kier molecular flexibility index (Phi) is 34.4. The van der Waals surface area contributed by atoms with Gasteiger partial charge in [0.05, 0.1) is 0 Å². The van der Waals surface area contributed by atoms with Crippen LogP contribution in [0.4, 0.5) is 0 Å². The summed E-state index contributed by atoms with van der Waals surface area (Å²) >= 11 is 0. The van der Waals surface area contributed by atoms with Gasteiger partial charge < -0.3 is 10.8 Å². The van der Waals surface area contributed by atoms with Crippen molar-refractivity contribution in [2.24, 2.45) is 0 Å². The first-order valence-electron chi connectivity index (χ1n) is 9.99. The van der Waals surface area contributed by atoms with Crippen molar-refractivity contribution in [3.05, 3.63) is 5.73 Å². The van der Waals surface area contributed by atoms with Crippen molar-refractivity contribution in [1.82, 2.24) is 0 Å². The number of rotatable bonds is 16. The second-order valence-electron chi connectivity index (χ2n) is 6.57. The van der Waals surface area contributed by atoms with E-state index in [1.54, 1.807) is 0 Å². The Bertz CT molecular complexity index is 206. The number of unbranched alkanes of at least 4 members (excludes halogenated alkanes) is 15. The number of carboxylic acids is 1. The predicted octanol–water partition coefficient (Wildman–Crippen LogP) is 4.40. The molecule has 0 fully saturated rings. The molecule has 0 rings (SSSR count).